The normalized spacial score (nSPS) is 13.2. The quantitative estimate of drug-likeness (QED) is 0.323. The minimum Gasteiger partial charge on any atom is -0.344 e. The maximum Gasteiger partial charge on any atom is 0.208 e. The average molecular weight is 214 g/mol. The molecule has 4 heteroatoms. The molecule has 0 bridgehead atoms. The van der Waals surface area contributed by atoms with Crippen LogP contribution in [0, 0.1) is 11.3 Å². The summed E-state index contributed by atoms with van der Waals surface area (Å²) < 4.78 is 0. The highest BCUT2D eigenvalue weighted by molar-refractivity contribution is 5.79. The van der Waals surface area contributed by atoms with Crippen molar-refractivity contribution >= 4 is 5.96 Å². The number of hydrogen-bond acceptors (Lipinski definition) is 2. The summed E-state index contributed by atoms with van der Waals surface area (Å²) in [6.07, 6.45) is 0. The summed E-state index contributed by atoms with van der Waals surface area (Å²) in [4.78, 5) is 6.49. The molecule has 0 spiro atoms. The van der Waals surface area contributed by atoms with Crippen LogP contribution in [0.25, 0.3) is 0 Å². The number of nitrogens with zero attached hydrogens (tertiary/aromatic N) is 2. The third kappa shape index (κ3) is 7.19. The SMILES string of the molecule is CC(C)CN=C(NN)N(C)CC(C)(C)C. The summed E-state index contributed by atoms with van der Waals surface area (Å²) in [5.74, 6) is 6.77. The first-order valence-electron chi connectivity index (χ1n) is 5.48. The van der Waals surface area contributed by atoms with Crippen LogP contribution < -0.4 is 11.3 Å². The Morgan fingerprint density at radius 3 is 2.27 bits per heavy atom. The summed E-state index contributed by atoms with van der Waals surface area (Å²) in [5.41, 5.74) is 2.90. The summed E-state index contributed by atoms with van der Waals surface area (Å²) in [6.45, 7) is 12.6. The van der Waals surface area contributed by atoms with Crippen molar-refractivity contribution in [3.63, 3.8) is 0 Å². The first-order valence-corrected chi connectivity index (χ1v) is 5.48. The summed E-state index contributed by atoms with van der Waals surface area (Å²) >= 11 is 0. The van der Waals surface area contributed by atoms with Crippen molar-refractivity contribution in [2.24, 2.45) is 22.2 Å². The van der Waals surface area contributed by atoms with Crippen LogP contribution in [-0.2, 0) is 0 Å². The maximum atomic E-state index is 5.46. The summed E-state index contributed by atoms with van der Waals surface area (Å²) in [6, 6.07) is 0. The number of nitrogens with two attached hydrogens (primary N) is 1. The van der Waals surface area contributed by atoms with Gasteiger partial charge >= 0.3 is 0 Å². The lowest BCUT2D eigenvalue weighted by molar-refractivity contribution is 0.299. The van der Waals surface area contributed by atoms with E-state index in [1.807, 2.05) is 7.05 Å². The molecule has 0 saturated carbocycles. The second-order valence-corrected chi connectivity index (χ2v) is 5.62. The molecule has 90 valence electrons. The van der Waals surface area contributed by atoms with Gasteiger partial charge in [0.25, 0.3) is 0 Å². The molecule has 0 heterocycles. The average Bonchev–Trinajstić information content (AvgIpc) is 2.01. The topological polar surface area (TPSA) is 53.6 Å². The van der Waals surface area contributed by atoms with Crippen LogP contribution in [-0.4, -0.2) is 31.0 Å². The zero-order chi connectivity index (χ0) is 12.1. The van der Waals surface area contributed by atoms with Crippen LogP contribution in [0.15, 0.2) is 4.99 Å². The van der Waals surface area contributed by atoms with Crippen LogP contribution in [0.5, 0.6) is 0 Å². The second kappa shape index (κ2) is 5.95. The van der Waals surface area contributed by atoms with Crippen LogP contribution in [0.1, 0.15) is 34.6 Å². The number of rotatable bonds is 3. The Morgan fingerprint density at radius 2 is 1.93 bits per heavy atom. The van der Waals surface area contributed by atoms with Crippen LogP contribution in [0.3, 0.4) is 0 Å². The van der Waals surface area contributed by atoms with Gasteiger partial charge in [-0.2, -0.15) is 0 Å². The van der Waals surface area contributed by atoms with Gasteiger partial charge in [0.15, 0.2) is 0 Å². The third-order valence-electron chi connectivity index (χ3n) is 1.81. The van der Waals surface area contributed by atoms with E-state index >= 15 is 0 Å². The molecule has 15 heavy (non-hydrogen) atoms. The Labute approximate surface area is 93.9 Å². The van der Waals surface area contributed by atoms with Crippen molar-refractivity contribution in [1.29, 1.82) is 0 Å². The fourth-order valence-electron chi connectivity index (χ4n) is 1.33. The van der Waals surface area contributed by atoms with Crippen molar-refractivity contribution < 1.29 is 0 Å². The molecule has 0 rings (SSSR count). The smallest absolute Gasteiger partial charge is 0.208 e. The Morgan fingerprint density at radius 1 is 1.40 bits per heavy atom. The highest BCUT2D eigenvalue weighted by atomic mass is 15.4. The summed E-state index contributed by atoms with van der Waals surface area (Å²) in [7, 11) is 2.00. The van der Waals surface area contributed by atoms with Crippen LogP contribution in [0.4, 0.5) is 0 Å². The number of hydrogen-bond donors (Lipinski definition) is 2. The van der Waals surface area contributed by atoms with Gasteiger partial charge < -0.3 is 4.90 Å². The third-order valence-corrected chi connectivity index (χ3v) is 1.81. The van der Waals surface area contributed by atoms with Gasteiger partial charge in [0, 0.05) is 20.1 Å². The molecule has 0 aromatic carbocycles. The number of guanidine groups is 1. The largest absolute Gasteiger partial charge is 0.344 e. The van der Waals surface area contributed by atoms with E-state index in [-0.39, 0.29) is 5.41 Å². The van der Waals surface area contributed by atoms with Gasteiger partial charge in [0.1, 0.15) is 0 Å². The molecular weight excluding hydrogens is 188 g/mol. The molecule has 0 fully saturated rings. The Balaban J connectivity index is 4.34. The Hall–Kier alpha value is -0.770. The van der Waals surface area contributed by atoms with E-state index in [1.54, 1.807) is 0 Å². The molecule has 0 amide bonds. The molecular formula is C11H26N4. The molecule has 4 nitrogen and oxygen atoms in total. The number of nitrogens with one attached hydrogen (secondary N) is 1. The molecule has 3 N–H and O–H groups in total. The van der Waals surface area contributed by atoms with E-state index in [1.165, 1.54) is 0 Å². The predicted molar refractivity (Wildman–Crippen MR) is 66.5 cm³/mol. The lowest BCUT2D eigenvalue weighted by Crippen LogP contribution is -2.45. The molecule has 0 radical (unpaired) electrons. The number of hydrazine groups is 1. The lowest BCUT2D eigenvalue weighted by atomic mass is 9.96. The highest BCUT2D eigenvalue weighted by Crippen LogP contribution is 2.13. The van der Waals surface area contributed by atoms with E-state index in [4.69, 9.17) is 5.84 Å². The fourth-order valence-corrected chi connectivity index (χ4v) is 1.33. The van der Waals surface area contributed by atoms with E-state index in [9.17, 15) is 0 Å². The van der Waals surface area contributed by atoms with Gasteiger partial charge in [-0.15, -0.1) is 0 Å². The maximum absolute atomic E-state index is 5.46. The van der Waals surface area contributed by atoms with Crippen molar-refractivity contribution in [2.45, 2.75) is 34.6 Å². The molecule has 0 aromatic heterocycles. The molecule has 0 aliphatic heterocycles. The zero-order valence-corrected chi connectivity index (χ0v) is 11.0. The van der Waals surface area contributed by atoms with Gasteiger partial charge in [-0.25, -0.2) is 5.84 Å². The van der Waals surface area contributed by atoms with Crippen LogP contribution in [0.2, 0.25) is 0 Å². The van der Waals surface area contributed by atoms with Crippen molar-refractivity contribution in [2.75, 3.05) is 20.1 Å². The van der Waals surface area contributed by atoms with Gasteiger partial charge in [-0.1, -0.05) is 34.6 Å². The molecule has 0 unspecified atom stereocenters. The van der Waals surface area contributed by atoms with E-state index in [2.05, 4.69) is 49.9 Å². The zero-order valence-electron chi connectivity index (χ0n) is 11.0. The first kappa shape index (κ1) is 14.2. The van der Waals surface area contributed by atoms with Gasteiger partial charge in [0.2, 0.25) is 5.96 Å². The van der Waals surface area contributed by atoms with Crippen molar-refractivity contribution in [1.82, 2.24) is 10.3 Å². The second-order valence-electron chi connectivity index (χ2n) is 5.62. The lowest BCUT2D eigenvalue weighted by Gasteiger charge is -2.28. The van der Waals surface area contributed by atoms with Crippen LogP contribution >= 0.6 is 0 Å². The minimum absolute atomic E-state index is 0.240. The standard InChI is InChI=1S/C11H26N4/c1-9(2)7-13-10(14-12)15(6)8-11(3,4)5/h9H,7-8,12H2,1-6H3,(H,13,14). The van der Waals surface area contributed by atoms with Gasteiger partial charge in [0.05, 0.1) is 0 Å². The highest BCUT2D eigenvalue weighted by Gasteiger charge is 2.15. The fraction of sp³-hybridized carbons (Fsp3) is 0.909. The molecule has 0 aliphatic rings. The molecule has 0 aromatic rings. The number of aliphatic imine (C=N–C) groups is 1. The minimum atomic E-state index is 0.240. The van der Waals surface area contributed by atoms with Gasteiger partial charge in [-0.05, 0) is 11.3 Å². The first-order chi connectivity index (χ1) is 6.76. The molecule has 0 saturated heterocycles. The Bertz CT molecular complexity index is 203. The molecule has 0 atom stereocenters. The van der Waals surface area contributed by atoms with Crippen molar-refractivity contribution in [3.8, 4) is 0 Å². The van der Waals surface area contributed by atoms with Gasteiger partial charge in [-0.3, -0.25) is 10.4 Å². The summed E-state index contributed by atoms with van der Waals surface area (Å²) in [5, 5.41) is 0. The van der Waals surface area contributed by atoms with E-state index in [0.29, 0.717) is 5.92 Å². The predicted octanol–water partition coefficient (Wildman–Crippen LogP) is 1.44. The van der Waals surface area contributed by atoms with E-state index in [0.717, 1.165) is 19.0 Å². The Kier molecular flexibility index (Phi) is 5.65. The molecule has 0 aliphatic carbocycles. The van der Waals surface area contributed by atoms with Crippen molar-refractivity contribution in [3.05, 3.63) is 0 Å². The van der Waals surface area contributed by atoms with E-state index < -0.39 is 0 Å². The monoisotopic (exact) mass is 214 g/mol.